The van der Waals surface area contributed by atoms with E-state index in [1.54, 1.807) is 12.4 Å². The van der Waals surface area contributed by atoms with Crippen molar-refractivity contribution in [2.45, 2.75) is 6.61 Å². The van der Waals surface area contributed by atoms with Crippen LogP contribution in [0.15, 0.2) is 43.8 Å². The van der Waals surface area contributed by atoms with Crippen LogP contribution in [0.2, 0.25) is 0 Å². The number of aliphatic hydroxyl groups is 1. The molecule has 0 bridgehead atoms. The van der Waals surface area contributed by atoms with Crippen molar-refractivity contribution in [3.8, 4) is 0 Å². The molecule has 1 heterocycles. The number of aliphatic hydroxyl groups excluding tert-OH is 1. The second kappa shape index (κ2) is 5.98. The van der Waals surface area contributed by atoms with E-state index in [2.05, 4.69) is 23.0 Å². The highest BCUT2D eigenvalue weighted by molar-refractivity contribution is 5.52. The summed E-state index contributed by atoms with van der Waals surface area (Å²) in [5.74, 6) is 0. The summed E-state index contributed by atoms with van der Waals surface area (Å²) in [4.78, 5) is 6.06. The Balaban J connectivity index is 2.97. The zero-order valence-electron chi connectivity index (χ0n) is 8.76. The Bertz CT molecular complexity index is 326. The quantitative estimate of drug-likeness (QED) is 0.717. The van der Waals surface area contributed by atoms with Gasteiger partial charge in [-0.15, -0.1) is 13.2 Å². The fraction of sp³-hybridized carbons (Fsp3) is 0.250. The van der Waals surface area contributed by atoms with Crippen LogP contribution in [0.1, 0.15) is 5.56 Å². The Hall–Kier alpha value is -1.61. The van der Waals surface area contributed by atoms with Gasteiger partial charge in [0, 0.05) is 36.7 Å². The molecule has 0 fully saturated rings. The molecule has 0 saturated heterocycles. The van der Waals surface area contributed by atoms with Crippen molar-refractivity contribution < 1.29 is 5.11 Å². The number of nitrogens with zero attached hydrogens (tertiary/aromatic N) is 2. The lowest BCUT2D eigenvalue weighted by molar-refractivity contribution is 0.281. The Kier molecular flexibility index (Phi) is 4.57. The lowest BCUT2D eigenvalue weighted by Gasteiger charge is -2.23. The molecule has 0 aliphatic carbocycles. The van der Waals surface area contributed by atoms with Gasteiger partial charge in [0.25, 0.3) is 0 Å². The Morgan fingerprint density at radius 1 is 1.33 bits per heavy atom. The summed E-state index contributed by atoms with van der Waals surface area (Å²) in [5, 5.41) is 9.19. The van der Waals surface area contributed by atoms with Gasteiger partial charge in [0.15, 0.2) is 0 Å². The van der Waals surface area contributed by atoms with Gasteiger partial charge >= 0.3 is 0 Å². The summed E-state index contributed by atoms with van der Waals surface area (Å²) in [6.07, 6.45) is 7.04. The van der Waals surface area contributed by atoms with E-state index in [-0.39, 0.29) is 6.61 Å². The van der Waals surface area contributed by atoms with E-state index < -0.39 is 0 Å². The Labute approximate surface area is 90.4 Å². The maximum atomic E-state index is 9.19. The summed E-state index contributed by atoms with van der Waals surface area (Å²) in [6, 6.07) is 1.89. The number of aromatic nitrogens is 1. The molecular formula is C12H16N2O. The van der Waals surface area contributed by atoms with Gasteiger partial charge in [0.05, 0.1) is 6.61 Å². The number of hydrogen-bond donors (Lipinski definition) is 1. The average Bonchev–Trinajstić information content (AvgIpc) is 2.29. The summed E-state index contributed by atoms with van der Waals surface area (Å²) >= 11 is 0. The van der Waals surface area contributed by atoms with Gasteiger partial charge in [0.1, 0.15) is 0 Å². The summed E-state index contributed by atoms with van der Waals surface area (Å²) < 4.78 is 0. The molecule has 0 aromatic carbocycles. The molecule has 3 nitrogen and oxygen atoms in total. The van der Waals surface area contributed by atoms with Crippen LogP contribution in [0.5, 0.6) is 0 Å². The zero-order valence-corrected chi connectivity index (χ0v) is 8.76. The highest BCUT2D eigenvalue weighted by Crippen LogP contribution is 2.18. The minimum absolute atomic E-state index is 0.00599. The molecule has 0 aliphatic rings. The van der Waals surface area contributed by atoms with Crippen LogP contribution >= 0.6 is 0 Å². The predicted molar refractivity (Wildman–Crippen MR) is 62.8 cm³/mol. The van der Waals surface area contributed by atoms with Crippen molar-refractivity contribution in [2.75, 3.05) is 18.0 Å². The molecule has 0 atom stereocenters. The van der Waals surface area contributed by atoms with E-state index in [1.807, 2.05) is 18.2 Å². The van der Waals surface area contributed by atoms with Crippen LogP contribution in [0.3, 0.4) is 0 Å². The van der Waals surface area contributed by atoms with Gasteiger partial charge in [-0.05, 0) is 6.07 Å². The first-order valence-corrected chi connectivity index (χ1v) is 4.84. The van der Waals surface area contributed by atoms with E-state index in [9.17, 15) is 5.11 Å². The molecule has 1 aromatic heterocycles. The second-order valence-electron chi connectivity index (χ2n) is 3.14. The third-order valence-electron chi connectivity index (χ3n) is 2.09. The van der Waals surface area contributed by atoms with Crippen LogP contribution in [-0.2, 0) is 6.61 Å². The SMILES string of the molecule is C=CCN(CC=C)c1ccncc1CO. The molecule has 0 spiro atoms. The maximum absolute atomic E-state index is 9.19. The van der Waals surface area contributed by atoms with Gasteiger partial charge in [0.2, 0.25) is 0 Å². The molecule has 1 rings (SSSR count). The topological polar surface area (TPSA) is 36.4 Å². The van der Waals surface area contributed by atoms with Gasteiger partial charge in [-0.25, -0.2) is 0 Å². The molecular weight excluding hydrogens is 188 g/mol. The van der Waals surface area contributed by atoms with Gasteiger partial charge < -0.3 is 10.0 Å². The molecule has 80 valence electrons. The first-order valence-electron chi connectivity index (χ1n) is 4.84. The smallest absolute Gasteiger partial charge is 0.0717 e. The highest BCUT2D eigenvalue weighted by atomic mass is 16.3. The van der Waals surface area contributed by atoms with Crippen molar-refractivity contribution >= 4 is 5.69 Å². The molecule has 15 heavy (non-hydrogen) atoms. The van der Waals surface area contributed by atoms with Gasteiger partial charge in [-0.2, -0.15) is 0 Å². The lowest BCUT2D eigenvalue weighted by atomic mass is 10.2. The minimum atomic E-state index is -0.00599. The first kappa shape index (κ1) is 11.5. The van der Waals surface area contributed by atoms with E-state index in [4.69, 9.17) is 0 Å². The molecule has 0 unspecified atom stereocenters. The zero-order chi connectivity index (χ0) is 11.1. The molecule has 0 amide bonds. The fourth-order valence-corrected chi connectivity index (χ4v) is 1.43. The Morgan fingerprint density at radius 2 is 2.00 bits per heavy atom. The van der Waals surface area contributed by atoms with Crippen LogP contribution in [0, 0.1) is 0 Å². The first-order chi connectivity index (χ1) is 7.33. The van der Waals surface area contributed by atoms with E-state index in [1.165, 1.54) is 0 Å². The number of pyridine rings is 1. The highest BCUT2D eigenvalue weighted by Gasteiger charge is 2.07. The van der Waals surface area contributed by atoms with Crippen LogP contribution in [0.25, 0.3) is 0 Å². The fourth-order valence-electron chi connectivity index (χ4n) is 1.43. The number of anilines is 1. The molecule has 1 N–H and O–H groups in total. The predicted octanol–water partition coefficient (Wildman–Crippen LogP) is 1.75. The van der Waals surface area contributed by atoms with Gasteiger partial charge in [-0.1, -0.05) is 12.2 Å². The number of rotatable bonds is 6. The summed E-state index contributed by atoms with van der Waals surface area (Å²) in [5.41, 5.74) is 1.80. The molecule has 0 aliphatic heterocycles. The normalized spacial score (nSPS) is 9.67. The standard InChI is InChI=1S/C12H16N2O/c1-3-7-14(8-4-2)12-5-6-13-9-11(12)10-15/h3-6,9,15H,1-2,7-8,10H2. The van der Waals surface area contributed by atoms with Crippen LogP contribution < -0.4 is 4.90 Å². The van der Waals surface area contributed by atoms with Crippen LogP contribution in [0.4, 0.5) is 5.69 Å². The van der Waals surface area contributed by atoms with Crippen molar-refractivity contribution in [2.24, 2.45) is 0 Å². The second-order valence-corrected chi connectivity index (χ2v) is 3.14. The van der Waals surface area contributed by atoms with Crippen molar-refractivity contribution in [1.82, 2.24) is 4.98 Å². The van der Waals surface area contributed by atoms with Crippen molar-refractivity contribution in [1.29, 1.82) is 0 Å². The maximum Gasteiger partial charge on any atom is 0.0717 e. The van der Waals surface area contributed by atoms with Crippen molar-refractivity contribution in [3.05, 3.63) is 49.3 Å². The van der Waals surface area contributed by atoms with E-state index >= 15 is 0 Å². The Morgan fingerprint density at radius 3 is 2.53 bits per heavy atom. The monoisotopic (exact) mass is 204 g/mol. The summed E-state index contributed by atoms with van der Waals surface area (Å²) in [7, 11) is 0. The largest absolute Gasteiger partial charge is 0.392 e. The molecule has 0 saturated carbocycles. The van der Waals surface area contributed by atoms with E-state index in [0.29, 0.717) is 0 Å². The van der Waals surface area contributed by atoms with Crippen molar-refractivity contribution in [3.63, 3.8) is 0 Å². The number of hydrogen-bond acceptors (Lipinski definition) is 3. The molecule has 3 heteroatoms. The minimum Gasteiger partial charge on any atom is -0.392 e. The van der Waals surface area contributed by atoms with Gasteiger partial charge in [-0.3, -0.25) is 4.98 Å². The third-order valence-corrected chi connectivity index (χ3v) is 2.09. The van der Waals surface area contributed by atoms with E-state index in [0.717, 1.165) is 24.3 Å². The third kappa shape index (κ3) is 2.92. The summed E-state index contributed by atoms with van der Waals surface area (Å²) in [6.45, 7) is 8.86. The molecule has 1 aromatic rings. The molecule has 0 radical (unpaired) electrons. The lowest BCUT2D eigenvalue weighted by Crippen LogP contribution is -2.24. The average molecular weight is 204 g/mol. The van der Waals surface area contributed by atoms with Crippen LogP contribution in [-0.4, -0.2) is 23.2 Å².